The molecule has 0 spiro atoms. The van der Waals surface area contributed by atoms with Crippen LogP contribution in [0.15, 0.2) is 200 Å². The van der Waals surface area contributed by atoms with E-state index in [1.807, 2.05) is 0 Å². The quantitative estimate of drug-likeness (QED) is 0.156. The van der Waals surface area contributed by atoms with Gasteiger partial charge in [-0.3, -0.25) is 0 Å². The number of pyridine rings is 3. The van der Waals surface area contributed by atoms with E-state index in [9.17, 15) is 0 Å². The van der Waals surface area contributed by atoms with Crippen molar-refractivity contribution < 1.29 is 0 Å². The van der Waals surface area contributed by atoms with E-state index in [2.05, 4.69) is 200 Å². The third-order valence-electron chi connectivity index (χ3n) is 15.9. The van der Waals surface area contributed by atoms with Gasteiger partial charge >= 0.3 is 0 Å². The Balaban J connectivity index is 0.946. The molecule has 5 heteroatoms. The normalized spacial score (nSPS) is 14.2. The summed E-state index contributed by atoms with van der Waals surface area (Å²) in [6.45, 7) is 0. The lowest BCUT2D eigenvalue weighted by Gasteiger charge is -2.16. The van der Waals surface area contributed by atoms with Gasteiger partial charge in [0, 0.05) is 32.0 Å². The van der Waals surface area contributed by atoms with Crippen LogP contribution in [-0.2, 0) is 25.7 Å². The van der Waals surface area contributed by atoms with Gasteiger partial charge in [0.05, 0.1) is 33.8 Å². The molecule has 5 aromatic heterocycles. The van der Waals surface area contributed by atoms with Gasteiger partial charge in [-0.2, -0.15) is 0 Å². The summed E-state index contributed by atoms with van der Waals surface area (Å²) in [7, 11) is -1.93. The lowest BCUT2D eigenvalue weighted by Crippen LogP contribution is -2.03. The van der Waals surface area contributed by atoms with Gasteiger partial charge in [0.15, 0.2) is 0 Å². The van der Waals surface area contributed by atoms with Crippen LogP contribution in [0.5, 0.6) is 0 Å². The van der Waals surface area contributed by atoms with Crippen molar-refractivity contribution in [3.63, 3.8) is 0 Å². The summed E-state index contributed by atoms with van der Waals surface area (Å²) >= 11 is 0. The molecule has 15 rings (SSSR count). The predicted molar refractivity (Wildman–Crippen MR) is 308 cm³/mol. The Morgan fingerprint density at radius 2 is 0.625 bits per heavy atom. The van der Waals surface area contributed by atoms with E-state index in [-0.39, 0.29) is 0 Å². The minimum atomic E-state index is -0.966. The number of hydrogen-bond donors (Lipinski definition) is 0. The minimum absolute atomic E-state index is 0.966. The molecule has 0 fully saturated rings. The molecule has 0 radical (unpaired) electrons. The van der Waals surface area contributed by atoms with Crippen molar-refractivity contribution in [3.05, 3.63) is 222 Å². The summed E-state index contributed by atoms with van der Waals surface area (Å²) in [5.41, 5.74) is 12.6. The molecule has 0 amide bonds. The van der Waals surface area contributed by atoms with Crippen LogP contribution in [0, 0.1) is 0 Å². The summed E-state index contributed by atoms with van der Waals surface area (Å²) in [5.74, 6) is 0. The van der Waals surface area contributed by atoms with Gasteiger partial charge in [0.2, 0.25) is 0 Å². The van der Waals surface area contributed by atoms with Crippen LogP contribution < -0.4 is 0 Å². The highest BCUT2D eigenvalue weighted by molar-refractivity contribution is 7.64. The van der Waals surface area contributed by atoms with Crippen LogP contribution in [0.2, 0.25) is 0 Å². The second-order valence-electron chi connectivity index (χ2n) is 19.9. The first-order chi connectivity index (χ1) is 35.7. The van der Waals surface area contributed by atoms with Crippen molar-refractivity contribution in [2.75, 3.05) is 0 Å². The molecule has 342 valence electrons. The Morgan fingerprint density at radius 1 is 0.264 bits per heavy atom. The SMILES string of the molecule is c1ccc(-p2c(-c3cccc(-c4c5c(c(-c6ccc7c(ccc8ccc9ccccc9c87)n6)p4-c4ccccc4)CCCC5)n3)c3c(c2-c2ccc4c(ccc5ccc6ccccc6c54)n2)CCCC3)cc1. The molecule has 0 N–H and O–H groups in total. The zero-order chi connectivity index (χ0) is 47.3. The lowest BCUT2D eigenvalue weighted by atomic mass is 9.90. The van der Waals surface area contributed by atoms with Gasteiger partial charge in [0.25, 0.3) is 0 Å². The van der Waals surface area contributed by atoms with E-state index in [1.165, 1.54) is 134 Å². The van der Waals surface area contributed by atoms with Gasteiger partial charge in [-0.05, 0) is 176 Å². The van der Waals surface area contributed by atoms with Crippen molar-refractivity contribution in [1.82, 2.24) is 15.0 Å². The molecular weight excluding hydrogens is 909 g/mol. The number of benzene rings is 8. The van der Waals surface area contributed by atoms with Crippen molar-refractivity contribution in [2.45, 2.75) is 51.4 Å². The molecule has 2 aliphatic rings. The predicted octanol–water partition coefficient (Wildman–Crippen LogP) is 19.2. The van der Waals surface area contributed by atoms with Crippen molar-refractivity contribution in [3.8, 4) is 54.6 Å². The highest BCUT2D eigenvalue weighted by Gasteiger charge is 2.32. The molecule has 2 unspecified atom stereocenters. The zero-order valence-electron chi connectivity index (χ0n) is 39.9. The highest BCUT2D eigenvalue weighted by Crippen LogP contribution is 2.64. The Bertz CT molecular complexity index is 4060. The zero-order valence-corrected chi connectivity index (χ0v) is 41.7. The van der Waals surface area contributed by atoms with Crippen molar-refractivity contribution >= 4 is 80.0 Å². The summed E-state index contributed by atoms with van der Waals surface area (Å²) in [4.78, 5) is 17.3. The van der Waals surface area contributed by atoms with Crippen molar-refractivity contribution in [2.24, 2.45) is 0 Å². The lowest BCUT2D eigenvalue weighted by molar-refractivity contribution is 0.691. The highest BCUT2D eigenvalue weighted by atomic mass is 31.1. The standard InChI is InChI=1S/C67H49N3P2/c1-3-18-46(19-4-1)71-64(50-24-11-13-26-52(50)66(71)60-40-36-54-56(68-60)38-34-44-32-30-42-16-7-9-22-48(42)62(44)54)58-28-15-29-59(70-58)65-51-25-12-14-27-53(51)67(72(65)47-20-5-2-6-21-47)61-41-37-55-57(69-61)39-35-45-33-31-43-17-8-10-23-49(43)63(45)55/h1-10,15-23,28-41H,11-14,24-27H2. The Morgan fingerprint density at radius 3 is 1.06 bits per heavy atom. The fraction of sp³-hybridized carbons (Fsp3) is 0.119. The Kier molecular flexibility index (Phi) is 9.92. The van der Waals surface area contributed by atoms with Gasteiger partial charge < -0.3 is 0 Å². The van der Waals surface area contributed by atoms with E-state index < -0.39 is 15.1 Å². The molecule has 2 atom stereocenters. The third-order valence-corrected chi connectivity index (χ3v) is 21.3. The maximum absolute atomic E-state index is 5.98. The summed E-state index contributed by atoms with van der Waals surface area (Å²) in [5, 5.41) is 21.0. The topological polar surface area (TPSA) is 38.7 Å². The van der Waals surface area contributed by atoms with E-state index in [0.29, 0.717) is 0 Å². The number of fused-ring (bicyclic) bond motifs is 12. The molecule has 0 saturated heterocycles. The third kappa shape index (κ3) is 6.61. The van der Waals surface area contributed by atoms with Crippen molar-refractivity contribution in [1.29, 1.82) is 0 Å². The first-order valence-corrected chi connectivity index (χ1v) is 28.5. The molecule has 13 aromatic rings. The fourth-order valence-electron chi connectivity index (χ4n) is 12.7. The van der Waals surface area contributed by atoms with Crippen LogP contribution in [0.3, 0.4) is 0 Å². The molecule has 3 nitrogen and oxygen atoms in total. The molecule has 0 saturated carbocycles. The van der Waals surface area contributed by atoms with Crippen LogP contribution in [0.1, 0.15) is 47.9 Å². The summed E-state index contributed by atoms with van der Waals surface area (Å²) < 4.78 is 0. The smallest absolute Gasteiger partial charge is 0.0755 e. The van der Waals surface area contributed by atoms with Crippen LogP contribution in [0.4, 0.5) is 0 Å². The summed E-state index contributed by atoms with van der Waals surface area (Å²) in [6.07, 6.45) is 9.02. The maximum Gasteiger partial charge on any atom is 0.0755 e. The Hall–Kier alpha value is -7.67. The van der Waals surface area contributed by atoms with Crippen LogP contribution in [-0.4, -0.2) is 15.0 Å². The van der Waals surface area contributed by atoms with E-state index in [0.717, 1.165) is 59.5 Å². The molecule has 2 aliphatic carbocycles. The van der Waals surface area contributed by atoms with Gasteiger partial charge in [-0.25, -0.2) is 15.0 Å². The Labute approximate surface area is 421 Å². The second-order valence-corrected chi connectivity index (χ2v) is 24.1. The molecule has 72 heavy (non-hydrogen) atoms. The molecule has 0 aliphatic heterocycles. The van der Waals surface area contributed by atoms with E-state index in [4.69, 9.17) is 15.0 Å². The van der Waals surface area contributed by atoms with E-state index in [1.54, 1.807) is 0 Å². The first kappa shape index (κ1) is 42.1. The van der Waals surface area contributed by atoms with Crippen LogP contribution in [0.25, 0.3) is 119 Å². The maximum atomic E-state index is 5.98. The summed E-state index contributed by atoms with van der Waals surface area (Å²) in [6, 6.07) is 74.5. The van der Waals surface area contributed by atoms with Crippen LogP contribution >= 0.6 is 15.1 Å². The second kappa shape index (κ2) is 17.0. The van der Waals surface area contributed by atoms with E-state index >= 15 is 0 Å². The largest absolute Gasteiger partial charge is 0.247 e. The number of hydrogen-bond acceptors (Lipinski definition) is 3. The minimum Gasteiger partial charge on any atom is -0.247 e. The van der Waals surface area contributed by atoms with Gasteiger partial charge in [0.1, 0.15) is 0 Å². The molecule has 0 bridgehead atoms. The number of aromatic nitrogens is 3. The molecular formula is C67H49N3P2. The fourth-order valence-corrected chi connectivity index (χ4v) is 18.7. The van der Waals surface area contributed by atoms with Gasteiger partial charge in [-0.15, -0.1) is 0 Å². The average Bonchev–Trinajstić information content (AvgIpc) is 3.99. The first-order valence-electron chi connectivity index (χ1n) is 25.8. The number of nitrogens with zero attached hydrogens (tertiary/aromatic N) is 3. The molecule has 5 heterocycles. The molecule has 8 aromatic carbocycles. The average molecular weight is 958 g/mol. The number of rotatable bonds is 6. The van der Waals surface area contributed by atoms with Gasteiger partial charge in [-0.1, -0.05) is 167 Å². The monoisotopic (exact) mass is 957 g/mol.